The number of carbonyl (C=O) groups excluding carboxylic acids is 1. The Morgan fingerprint density at radius 3 is 2.48 bits per heavy atom. The summed E-state index contributed by atoms with van der Waals surface area (Å²) in [7, 11) is 1.61. The standard InChI is InChI=1S/C19H23Cl2NO3/c1-4-6-15(20)11-16(21)13-25-18(5-2)19(23)22-12-14-7-9-17(24-3)10-8-14/h4,6-11,13,18H,5,12H2,1-3H3,(H,22,23)/b6-4-,15-11+,16-13-. The first-order chi connectivity index (χ1) is 12.0. The van der Waals surface area contributed by atoms with Crippen molar-refractivity contribution < 1.29 is 14.3 Å². The Morgan fingerprint density at radius 1 is 1.24 bits per heavy atom. The van der Waals surface area contributed by atoms with Gasteiger partial charge in [-0.1, -0.05) is 48.3 Å². The van der Waals surface area contributed by atoms with E-state index >= 15 is 0 Å². The normalized spacial score (nSPS) is 13.6. The molecule has 0 spiro atoms. The van der Waals surface area contributed by atoms with Gasteiger partial charge in [-0.3, -0.25) is 4.79 Å². The third-order valence-electron chi connectivity index (χ3n) is 3.24. The van der Waals surface area contributed by atoms with E-state index < -0.39 is 6.10 Å². The summed E-state index contributed by atoms with van der Waals surface area (Å²) in [5.74, 6) is 0.567. The van der Waals surface area contributed by atoms with E-state index in [9.17, 15) is 4.79 Å². The zero-order valence-corrected chi connectivity index (χ0v) is 16.1. The molecule has 1 aromatic rings. The maximum atomic E-state index is 12.2. The highest BCUT2D eigenvalue weighted by Crippen LogP contribution is 2.14. The van der Waals surface area contributed by atoms with Crippen molar-refractivity contribution in [1.29, 1.82) is 0 Å². The van der Waals surface area contributed by atoms with E-state index in [2.05, 4.69) is 5.32 Å². The minimum atomic E-state index is -0.624. The summed E-state index contributed by atoms with van der Waals surface area (Å²) in [5.41, 5.74) is 0.971. The molecule has 1 N–H and O–H groups in total. The zero-order chi connectivity index (χ0) is 18.7. The molecule has 0 heterocycles. The number of halogens is 2. The summed E-state index contributed by atoms with van der Waals surface area (Å²) >= 11 is 11.9. The molecule has 25 heavy (non-hydrogen) atoms. The van der Waals surface area contributed by atoms with Crippen LogP contribution in [0.2, 0.25) is 0 Å². The van der Waals surface area contributed by atoms with Crippen molar-refractivity contribution in [1.82, 2.24) is 5.32 Å². The molecule has 0 saturated carbocycles. The molecule has 1 aromatic carbocycles. The minimum Gasteiger partial charge on any atom is -0.497 e. The highest BCUT2D eigenvalue weighted by Gasteiger charge is 2.16. The van der Waals surface area contributed by atoms with E-state index in [1.165, 1.54) is 6.26 Å². The molecule has 0 saturated heterocycles. The number of amides is 1. The molecule has 0 aliphatic carbocycles. The lowest BCUT2D eigenvalue weighted by Gasteiger charge is -2.15. The fourth-order valence-electron chi connectivity index (χ4n) is 1.91. The number of methoxy groups -OCH3 is 1. The first-order valence-corrected chi connectivity index (χ1v) is 8.67. The van der Waals surface area contributed by atoms with E-state index in [1.807, 2.05) is 38.1 Å². The number of hydrogen-bond donors (Lipinski definition) is 1. The first-order valence-electron chi connectivity index (χ1n) is 7.91. The Bertz CT molecular complexity index is 637. The lowest BCUT2D eigenvalue weighted by molar-refractivity contribution is -0.130. The summed E-state index contributed by atoms with van der Waals surface area (Å²) in [4.78, 5) is 12.2. The van der Waals surface area contributed by atoms with Crippen LogP contribution < -0.4 is 10.1 Å². The van der Waals surface area contributed by atoms with Gasteiger partial charge >= 0.3 is 0 Å². The van der Waals surface area contributed by atoms with Gasteiger partial charge in [0.25, 0.3) is 5.91 Å². The maximum Gasteiger partial charge on any atom is 0.261 e. The van der Waals surface area contributed by atoms with E-state index in [1.54, 1.807) is 25.3 Å². The topological polar surface area (TPSA) is 47.6 Å². The van der Waals surface area contributed by atoms with Gasteiger partial charge in [-0.2, -0.15) is 0 Å². The average molecular weight is 384 g/mol. The van der Waals surface area contributed by atoms with Crippen LogP contribution in [0.3, 0.4) is 0 Å². The van der Waals surface area contributed by atoms with E-state index in [-0.39, 0.29) is 5.91 Å². The van der Waals surface area contributed by atoms with Gasteiger partial charge in [-0.15, -0.1) is 0 Å². The molecule has 0 aliphatic rings. The first kappa shape index (κ1) is 21.1. The number of rotatable bonds is 9. The Morgan fingerprint density at radius 2 is 1.92 bits per heavy atom. The molecule has 0 radical (unpaired) electrons. The monoisotopic (exact) mass is 383 g/mol. The van der Waals surface area contributed by atoms with Crippen LogP contribution in [0.4, 0.5) is 0 Å². The second-order valence-corrected chi connectivity index (χ2v) is 6.00. The second-order valence-electron chi connectivity index (χ2n) is 5.13. The SMILES string of the molecule is C\C=C/C(Cl)=C\C(Cl)=C\OC(CC)C(=O)NCc1ccc(OC)cc1. The lowest BCUT2D eigenvalue weighted by atomic mass is 10.2. The largest absolute Gasteiger partial charge is 0.497 e. The molecular formula is C19H23Cl2NO3. The van der Waals surface area contributed by atoms with E-state index in [0.717, 1.165) is 11.3 Å². The number of allylic oxidation sites excluding steroid dienone is 5. The van der Waals surface area contributed by atoms with Crippen molar-refractivity contribution in [2.24, 2.45) is 0 Å². The quantitative estimate of drug-likeness (QED) is 0.487. The van der Waals surface area contributed by atoms with Crippen LogP contribution >= 0.6 is 23.2 Å². The fraction of sp³-hybridized carbons (Fsp3) is 0.316. The predicted octanol–water partition coefficient (Wildman–Crippen LogP) is 4.89. The van der Waals surface area contributed by atoms with Crippen molar-refractivity contribution in [3.05, 3.63) is 64.4 Å². The third kappa shape index (κ3) is 8.14. The molecule has 4 nitrogen and oxygen atoms in total. The Hall–Kier alpha value is -1.91. The highest BCUT2D eigenvalue weighted by atomic mass is 35.5. The second kappa shape index (κ2) is 11.6. The van der Waals surface area contributed by atoms with Gasteiger partial charge in [0.05, 0.1) is 12.1 Å². The molecule has 0 bridgehead atoms. The predicted molar refractivity (Wildman–Crippen MR) is 103 cm³/mol. The Labute approximate surface area is 159 Å². The van der Waals surface area contributed by atoms with E-state index in [0.29, 0.717) is 23.0 Å². The molecule has 6 heteroatoms. The molecular weight excluding hydrogens is 361 g/mol. The van der Waals surface area contributed by atoms with Gasteiger partial charge < -0.3 is 14.8 Å². The fourth-order valence-corrected chi connectivity index (χ4v) is 2.38. The van der Waals surface area contributed by atoms with Gasteiger partial charge in [0.1, 0.15) is 12.0 Å². The molecule has 1 amide bonds. The van der Waals surface area contributed by atoms with Gasteiger partial charge in [0.15, 0.2) is 6.10 Å². The summed E-state index contributed by atoms with van der Waals surface area (Å²) < 4.78 is 10.6. The van der Waals surface area contributed by atoms with Gasteiger partial charge in [0, 0.05) is 11.6 Å². The summed E-state index contributed by atoms with van der Waals surface area (Å²) in [5, 5.41) is 3.63. The van der Waals surface area contributed by atoms with Crippen LogP contribution in [0.25, 0.3) is 0 Å². The van der Waals surface area contributed by atoms with Crippen LogP contribution in [0.15, 0.2) is 58.8 Å². The van der Waals surface area contributed by atoms with Gasteiger partial charge in [0.2, 0.25) is 0 Å². The van der Waals surface area contributed by atoms with Crippen LogP contribution in [-0.2, 0) is 16.1 Å². The number of carbonyl (C=O) groups is 1. The van der Waals surface area contributed by atoms with Crippen LogP contribution in [0.1, 0.15) is 25.8 Å². The summed E-state index contributed by atoms with van der Waals surface area (Å²) in [6, 6.07) is 7.48. The summed E-state index contributed by atoms with van der Waals surface area (Å²) in [6.07, 6.45) is 6.27. The lowest BCUT2D eigenvalue weighted by Crippen LogP contribution is -2.34. The van der Waals surface area contributed by atoms with Crippen LogP contribution in [-0.4, -0.2) is 19.1 Å². The number of ether oxygens (including phenoxy) is 2. The molecule has 0 aromatic heterocycles. The molecule has 136 valence electrons. The van der Waals surface area contributed by atoms with Crippen molar-refractivity contribution in [2.75, 3.05) is 7.11 Å². The zero-order valence-electron chi connectivity index (χ0n) is 14.6. The average Bonchev–Trinajstić information content (AvgIpc) is 2.61. The Balaban J connectivity index is 2.57. The molecule has 1 rings (SSSR count). The van der Waals surface area contributed by atoms with E-state index in [4.69, 9.17) is 32.7 Å². The van der Waals surface area contributed by atoms with Crippen LogP contribution in [0.5, 0.6) is 5.75 Å². The third-order valence-corrected chi connectivity index (χ3v) is 3.67. The summed E-state index contributed by atoms with van der Waals surface area (Å²) in [6.45, 7) is 4.12. The van der Waals surface area contributed by atoms with Crippen molar-refractivity contribution >= 4 is 29.1 Å². The Kier molecular flexibility index (Phi) is 9.81. The smallest absolute Gasteiger partial charge is 0.261 e. The molecule has 1 atom stereocenters. The number of hydrogen-bond acceptors (Lipinski definition) is 3. The molecule has 0 aliphatic heterocycles. The number of nitrogens with one attached hydrogen (secondary N) is 1. The maximum absolute atomic E-state index is 12.2. The molecule has 1 unspecified atom stereocenters. The van der Waals surface area contributed by atoms with Crippen molar-refractivity contribution in [3.8, 4) is 5.75 Å². The van der Waals surface area contributed by atoms with Crippen molar-refractivity contribution in [2.45, 2.75) is 32.9 Å². The number of benzene rings is 1. The molecule has 0 fully saturated rings. The highest BCUT2D eigenvalue weighted by molar-refractivity contribution is 6.35. The minimum absolute atomic E-state index is 0.206. The van der Waals surface area contributed by atoms with Crippen LogP contribution in [0, 0.1) is 0 Å². The van der Waals surface area contributed by atoms with Crippen molar-refractivity contribution in [3.63, 3.8) is 0 Å². The van der Waals surface area contributed by atoms with Gasteiger partial charge in [-0.25, -0.2) is 0 Å². The van der Waals surface area contributed by atoms with Gasteiger partial charge in [-0.05, 0) is 43.2 Å².